The molecule has 1 heterocycles. The zero-order valence-electron chi connectivity index (χ0n) is 17.4. The number of esters is 1. The van der Waals surface area contributed by atoms with Crippen LogP contribution in [0.4, 0.5) is 0 Å². The number of carbonyl (C=O) groups is 1. The zero-order chi connectivity index (χ0) is 20.3. The van der Waals surface area contributed by atoms with E-state index in [9.17, 15) is 9.90 Å². The first-order valence-electron chi connectivity index (χ1n) is 10.4. The second-order valence-corrected chi connectivity index (χ2v) is 8.49. The molecule has 3 rings (SSSR count). The maximum atomic E-state index is 11.6. The van der Waals surface area contributed by atoms with Crippen LogP contribution < -0.4 is 0 Å². The van der Waals surface area contributed by atoms with E-state index in [1.807, 2.05) is 0 Å². The zero-order valence-corrected chi connectivity index (χ0v) is 17.4. The Bertz CT molecular complexity index is 600. The van der Waals surface area contributed by atoms with E-state index in [1.54, 1.807) is 0 Å². The Morgan fingerprint density at radius 2 is 1.93 bits per heavy atom. The summed E-state index contributed by atoms with van der Waals surface area (Å²) in [6.45, 7) is 3.63. The average molecular weight is 395 g/mol. The molecule has 0 aromatic heterocycles. The SMILES string of the molecule is COC(=O)C[C@H]1C[C@@H](CC[C@@H]2[C@@H]3C(=C[C@H](C)C[C@@H]3O)C=C[C@@H]2C)OC(OC)O1. The Hall–Kier alpha value is -1.21. The Morgan fingerprint density at radius 1 is 1.18 bits per heavy atom. The number of hydrogen-bond acceptors (Lipinski definition) is 6. The van der Waals surface area contributed by atoms with Gasteiger partial charge in [0.25, 0.3) is 6.48 Å². The van der Waals surface area contributed by atoms with Crippen LogP contribution in [-0.4, -0.2) is 50.1 Å². The van der Waals surface area contributed by atoms with Crippen molar-refractivity contribution in [3.05, 3.63) is 23.8 Å². The smallest absolute Gasteiger partial charge is 0.308 e. The Balaban J connectivity index is 1.63. The van der Waals surface area contributed by atoms with Gasteiger partial charge in [0.1, 0.15) is 0 Å². The van der Waals surface area contributed by atoms with Gasteiger partial charge in [-0.2, -0.15) is 0 Å². The molecular weight excluding hydrogens is 360 g/mol. The lowest BCUT2D eigenvalue weighted by Crippen LogP contribution is -2.42. The maximum absolute atomic E-state index is 11.6. The molecule has 6 heteroatoms. The molecular formula is C22H34O6. The third kappa shape index (κ3) is 5.03. The number of hydrogen-bond donors (Lipinski definition) is 1. The lowest BCUT2D eigenvalue weighted by Gasteiger charge is -2.42. The lowest BCUT2D eigenvalue weighted by molar-refractivity contribution is -0.343. The number of carbonyl (C=O) groups excluding carboxylic acids is 1. The van der Waals surface area contributed by atoms with Gasteiger partial charge in [-0.05, 0) is 42.6 Å². The topological polar surface area (TPSA) is 74.2 Å². The molecule has 0 spiro atoms. The van der Waals surface area contributed by atoms with Crippen molar-refractivity contribution < 1.29 is 28.8 Å². The number of fused-ring (bicyclic) bond motifs is 1. The Morgan fingerprint density at radius 3 is 2.64 bits per heavy atom. The van der Waals surface area contributed by atoms with E-state index >= 15 is 0 Å². The van der Waals surface area contributed by atoms with E-state index in [4.69, 9.17) is 18.9 Å². The minimum Gasteiger partial charge on any atom is -0.469 e. The summed E-state index contributed by atoms with van der Waals surface area (Å²) >= 11 is 0. The van der Waals surface area contributed by atoms with Crippen molar-refractivity contribution >= 4 is 5.97 Å². The molecule has 0 bridgehead atoms. The van der Waals surface area contributed by atoms with Crippen molar-refractivity contribution in [2.24, 2.45) is 23.7 Å². The largest absolute Gasteiger partial charge is 0.469 e. The van der Waals surface area contributed by atoms with E-state index in [-0.39, 0.29) is 36.6 Å². The van der Waals surface area contributed by atoms with Gasteiger partial charge in [-0.25, -0.2) is 0 Å². The third-order valence-electron chi connectivity index (χ3n) is 6.39. The monoisotopic (exact) mass is 394 g/mol. The van der Waals surface area contributed by atoms with Gasteiger partial charge in [0.15, 0.2) is 0 Å². The predicted octanol–water partition coefficient (Wildman–Crippen LogP) is 3.20. The molecule has 1 unspecified atom stereocenters. The van der Waals surface area contributed by atoms with Gasteiger partial charge in [0.2, 0.25) is 0 Å². The molecule has 0 aromatic carbocycles. The van der Waals surface area contributed by atoms with Crippen molar-refractivity contribution in [2.75, 3.05) is 14.2 Å². The quantitative estimate of drug-likeness (QED) is 0.698. The predicted molar refractivity (Wildman–Crippen MR) is 104 cm³/mol. The van der Waals surface area contributed by atoms with E-state index in [1.165, 1.54) is 19.8 Å². The van der Waals surface area contributed by atoms with E-state index in [0.717, 1.165) is 19.3 Å². The lowest BCUT2D eigenvalue weighted by atomic mass is 9.65. The van der Waals surface area contributed by atoms with Crippen LogP contribution in [0.3, 0.4) is 0 Å². The first-order chi connectivity index (χ1) is 13.4. The first-order valence-corrected chi connectivity index (χ1v) is 10.4. The van der Waals surface area contributed by atoms with Gasteiger partial charge >= 0.3 is 5.97 Å². The molecule has 158 valence electrons. The van der Waals surface area contributed by atoms with Crippen molar-refractivity contribution in [3.63, 3.8) is 0 Å². The number of methoxy groups -OCH3 is 2. The van der Waals surface area contributed by atoms with Crippen LogP contribution in [0.2, 0.25) is 0 Å². The average Bonchev–Trinajstić information content (AvgIpc) is 2.67. The molecule has 0 amide bonds. The van der Waals surface area contributed by atoms with Crippen molar-refractivity contribution in [1.29, 1.82) is 0 Å². The maximum Gasteiger partial charge on any atom is 0.308 e. The molecule has 1 aliphatic heterocycles. The van der Waals surface area contributed by atoms with Gasteiger partial charge in [0, 0.05) is 19.4 Å². The van der Waals surface area contributed by atoms with Crippen LogP contribution in [0.25, 0.3) is 0 Å². The summed E-state index contributed by atoms with van der Waals surface area (Å²) in [4.78, 5) is 11.6. The van der Waals surface area contributed by atoms with E-state index < -0.39 is 6.48 Å². The molecule has 2 aliphatic carbocycles. The third-order valence-corrected chi connectivity index (χ3v) is 6.39. The molecule has 1 saturated heterocycles. The molecule has 1 fully saturated rings. The second-order valence-electron chi connectivity index (χ2n) is 8.49. The summed E-state index contributed by atoms with van der Waals surface area (Å²) < 4.78 is 21.6. The van der Waals surface area contributed by atoms with Gasteiger partial charge in [-0.1, -0.05) is 32.1 Å². The normalized spacial score (nSPS) is 40.5. The minimum absolute atomic E-state index is 0.0430. The second kappa shape index (κ2) is 9.53. The van der Waals surface area contributed by atoms with Crippen LogP contribution in [0.15, 0.2) is 23.8 Å². The molecule has 1 N–H and O–H groups in total. The number of allylic oxidation sites excluding steroid dienone is 3. The summed E-state index contributed by atoms with van der Waals surface area (Å²) in [5, 5.41) is 10.8. The highest BCUT2D eigenvalue weighted by molar-refractivity contribution is 5.69. The van der Waals surface area contributed by atoms with Crippen molar-refractivity contribution in [1.82, 2.24) is 0 Å². The van der Waals surface area contributed by atoms with E-state index in [0.29, 0.717) is 24.2 Å². The molecule has 28 heavy (non-hydrogen) atoms. The highest BCUT2D eigenvalue weighted by atomic mass is 16.9. The summed E-state index contributed by atoms with van der Waals surface area (Å²) in [7, 11) is 2.92. The van der Waals surface area contributed by atoms with E-state index in [2.05, 4.69) is 32.1 Å². The standard InChI is InChI=1S/C22H34O6/c1-13-9-15-6-5-14(2)18(21(15)19(23)10-13)8-7-16-11-17(12-20(24)25-3)28-22(26-4)27-16/h5-6,9,13-14,16-19,21-23H,7-8,10-12H2,1-4H3/t13-,14-,16+,17+,18-,19-,21-,22?/m0/s1. The summed E-state index contributed by atoms with van der Waals surface area (Å²) in [6.07, 6.45) is 9.63. The van der Waals surface area contributed by atoms with Gasteiger partial charge in [-0.15, -0.1) is 0 Å². The van der Waals surface area contributed by atoms with Crippen molar-refractivity contribution in [3.8, 4) is 0 Å². The van der Waals surface area contributed by atoms with Crippen LogP contribution in [0.1, 0.15) is 46.0 Å². The first kappa shape index (κ1) is 21.5. The number of aliphatic hydroxyl groups is 1. The van der Waals surface area contributed by atoms with Crippen LogP contribution in [0.5, 0.6) is 0 Å². The van der Waals surface area contributed by atoms with Gasteiger partial charge < -0.3 is 24.1 Å². The number of ether oxygens (including phenoxy) is 4. The fourth-order valence-electron chi connectivity index (χ4n) is 4.96. The summed E-state index contributed by atoms with van der Waals surface area (Å²) in [6, 6.07) is 0. The molecule has 0 saturated carbocycles. The fraction of sp³-hybridized carbons (Fsp3) is 0.773. The van der Waals surface area contributed by atoms with Crippen LogP contribution >= 0.6 is 0 Å². The fourth-order valence-corrected chi connectivity index (χ4v) is 4.96. The molecule has 3 aliphatic rings. The summed E-state index contributed by atoms with van der Waals surface area (Å²) in [5.74, 6) is 1.11. The van der Waals surface area contributed by atoms with Gasteiger partial charge in [0.05, 0.1) is 31.8 Å². The number of rotatable bonds is 6. The molecule has 8 atom stereocenters. The van der Waals surface area contributed by atoms with Crippen molar-refractivity contribution in [2.45, 2.75) is 70.7 Å². The highest BCUT2D eigenvalue weighted by Gasteiger charge is 2.39. The molecule has 6 nitrogen and oxygen atoms in total. The van der Waals surface area contributed by atoms with Gasteiger partial charge in [-0.3, -0.25) is 4.79 Å². The number of aliphatic hydroxyl groups excluding tert-OH is 1. The Labute approximate surface area is 167 Å². The van der Waals surface area contributed by atoms with Crippen LogP contribution in [0, 0.1) is 23.7 Å². The Kier molecular flexibility index (Phi) is 7.31. The molecule has 0 radical (unpaired) electrons. The summed E-state index contributed by atoms with van der Waals surface area (Å²) in [5.41, 5.74) is 1.28. The van der Waals surface area contributed by atoms with Crippen LogP contribution in [-0.2, 0) is 23.7 Å². The minimum atomic E-state index is -0.756. The molecule has 0 aromatic rings. The highest BCUT2D eigenvalue weighted by Crippen LogP contribution is 2.44.